The van der Waals surface area contributed by atoms with Crippen molar-refractivity contribution in [3.8, 4) is 0 Å². The monoisotopic (exact) mass is 361 g/mol. The van der Waals surface area contributed by atoms with Crippen molar-refractivity contribution in [2.24, 2.45) is 5.92 Å². The summed E-state index contributed by atoms with van der Waals surface area (Å²) in [6, 6.07) is 0. The largest absolute Gasteiger partial charge is 0.468 e. The first-order chi connectivity index (χ1) is 12.6. The molecule has 1 saturated carbocycles. The predicted octanol–water partition coefficient (Wildman–Crippen LogP) is 1.17. The average molecular weight is 361 g/mol. The summed E-state index contributed by atoms with van der Waals surface area (Å²) < 4.78 is 11.2. The van der Waals surface area contributed by atoms with Crippen LogP contribution in [-0.4, -0.2) is 58.5 Å². The normalized spacial score (nSPS) is 13.6. The van der Waals surface area contributed by atoms with E-state index in [-0.39, 0.29) is 12.5 Å². The van der Waals surface area contributed by atoms with Crippen LogP contribution in [-0.2, 0) is 25.6 Å². The average Bonchev–Trinajstić information content (AvgIpc) is 3.37. The number of methoxy groups -OCH3 is 1. The van der Waals surface area contributed by atoms with Gasteiger partial charge in [0.25, 0.3) is 0 Å². The van der Waals surface area contributed by atoms with Gasteiger partial charge in [0.05, 0.1) is 31.7 Å². The number of esters is 2. The molecule has 0 bridgehead atoms. The van der Waals surface area contributed by atoms with E-state index in [4.69, 9.17) is 9.47 Å². The SMILES string of the molecule is CCOC(=O)CCN(CC1CC1)c1ncnc2c1cnn2CC(=O)OC. The van der Waals surface area contributed by atoms with E-state index >= 15 is 0 Å². The van der Waals surface area contributed by atoms with Crippen molar-refractivity contribution in [1.29, 1.82) is 0 Å². The molecule has 0 unspecified atom stereocenters. The van der Waals surface area contributed by atoms with E-state index in [0.29, 0.717) is 31.1 Å². The number of carbonyl (C=O) groups is 2. The Labute approximate surface area is 151 Å². The molecule has 0 saturated heterocycles. The van der Waals surface area contributed by atoms with Crippen LogP contribution in [0.15, 0.2) is 12.5 Å². The lowest BCUT2D eigenvalue weighted by Crippen LogP contribution is -2.30. The minimum absolute atomic E-state index is 0.0120. The Kier molecular flexibility index (Phi) is 5.65. The number of hydrogen-bond donors (Lipinski definition) is 0. The first-order valence-corrected chi connectivity index (χ1v) is 8.76. The van der Waals surface area contributed by atoms with E-state index in [0.717, 1.165) is 17.7 Å². The molecule has 0 atom stereocenters. The van der Waals surface area contributed by atoms with Crippen LogP contribution in [0.1, 0.15) is 26.2 Å². The molecule has 0 aliphatic heterocycles. The fourth-order valence-corrected chi connectivity index (χ4v) is 2.79. The predicted molar refractivity (Wildman–Crippen MR) is 93.5 cm³/mol. The van der Waals surface area contributed by atoms with Crippen LogP contribution in [0.5, 0.6) is 0 Å². The highest BCUT2D eigenvalue weighted by Crippen LogP contribution is 2.32. The van der Waals surface area contributed by atoms with Gasteiger partial charge < -0.3 is 14.4 Å². The molecule has 1 aliphatic carbocycles. The van der Waals surface area contributed by atoms with Crippen molar-refractivity contribution in [3.63, 3.8) is 0 Å². The summed E-state index contributed by atoms with van der Waals surface area (Å²) in [5, 5.41) is 4.99. The molecule has 1 fully saturated rings. The zero-order valence-electron chi connectivity index (χ0n) is 15.1. The maximum atomic E-state index is 11.8. The quantitative estimate of drug-likeness (QED) is 0.614. The van der Waals surface area contributed by atoms with E-state index in [1.807, 2.05) is 0 Å². The highest BCUT2D eigenvalue weighted by Gasteiger charge is 2.27. The van der Waals surface area contributed by atoms with E-state index in [2.05, 4.69) is 20.0 Å². The van der Waals surface area contributed by atoms with E-state index in [1.54, 1.807) is 13.1 Å². The summed E-state index contributed by atoms with van der Waals surface area (Å²) in [6.45, 7) is 3.50. The van der Waals surface area contributed by atoms with E-state index in [1.165, 1.54) is 31.0 Å². The number of hydrogen-bond acceptors (Lipinski definition) is 8. The Balaban J connectivity index is 1.84. The first kappa shape index (κ1) is 18.1. The van der Waals surface area contributed by atoms with Crippen LogP contribution < -0.4 is 4.90 Å². The third-order valence-electron chi connectivity index (χ3n) is 4.29. The molecule has 0 aromatic carbocycles. The lowest BCUT2D eigenvalue weighted by molar-refractivity contribution is -0.143. The second-order valence-corrected chi connectivity index (χ2v) is 6.26. The maximum Gasteiger partial charge on any atom is 0.327 e. The maximum absolute atomic E-state index is 11.8. The van der Waals surface area contributed by atoms with Gasteiger partial charge >= 0.3 is 11.9 Å². The molecule has 2 aromatic heterocycles. The summed E-state index contributed by atoms with van der Waals surface area (Å²) in [5.74, 6) is 0.724. The molecule has 2 heterocycles. The third-order valence-corrected chi connectivity index (χ3v) is 4.29. The van der Waals surface area contributed by atoms with Crippen LogP contribution in [0.25, 0.3) is 11.0 Å². The zero-order valence-corrected chi connectivity index (χ0v) is 15.1. The van der Waals surface area contributed by atoms with Crippen molar-refractivity contribution in [3.05, 3.63) is 12.5 Å². The van der Waals surface area contributed by atoms with Gasteiger partial charge in [-0.1, -0.05) is 0 Å². The van der Waals surface area contributed by atoms with E-state index < -0.39 is 5.97 Å². The van der Waals surface area contributed by atoms with Crippen molar-refractivity contribution in [2.75, 3.05) is 31.7 Å². The van der Waals surface area contributed by atoms with Gasteiger partial charge in [-0.2, -0.15) is 5.10 Å². The molecule has 0 amide bonds. The Morgan fingerprint density at radius 3 is 2.81 bits per heavy atom. The second-order valence-electron chi connectivity index (χ2n) is 6.26. The van der Waals surface area contributed by atoms with Gasteiger partial charge in [0.1, 0.15) is 18.7 Å². The van der Waals surface area contributed by atoms with Crippen LogP contribution in [0.2, 0.25) is 0 Å². The second kappa shape index (κ2) is 8.11. The summed E-state index contributed by atoms with van der Waals surface area (Å²) in [4.78, 5) is 34.1. The highest BCUT2D eigenvalue weighted by atomic mass is 16.5. The van der Waals surface area contributed by atoms with Crippen LogP contribution >= 0.6 is 0 Å². The van der Waals surface area contributed by atoms with E-state index in [9.17, 15) is 9.59 Å². The molecule has 0 spiro atoms. The zero-order chi connectivity index (χ0) is 18.5. The standard InChI is InChI=1S/C17H23N5O4/c1-3-26-14(23)6-7-21(9-12-4-5-12)16-13-8-20-22(10-15(24)25-2)17(13)19-11-18-16/h8,11-12H,3-7,9-10H2,1-2H3. The molecule has 2 aromatic rings. The third kappa shape index (κ3) is 4.27. The first-order valence-electron chi connectivity index (χ1n) is 8.76. The molecule has 0 N–H and O–H groups in total. The minimum Gasteiger partial charge on any atom is -0.468 e. The molecule has 0 radical (unpaired) electrons. The van der Waals surface area contributed by atoms with Crippen LogP contribution in [0, 0.1) is 5.92 Å². The van der Waals surface area contributed by atoms with Crippen LogP contribution in [0.3, 0.4) is 0 Å². The number of aromatic nitrogens is 4. The number of carbonyl (C=O) groups excluding carboxylic acids is 2. The fourth-order valence-electron chi connectivity index (χ4n) is 2.79. The van der Waals surface area contributed by atoms with Gasteiger partial charge in [0.2, 0.25) is 0 Å². The highest BCUT2D eigenvalue weighted by molar-refractivity contribution is 5.87. The lowest BCUT2D eigenvalue weighted by atomic mass is 10.3. The van der Waals surface area contributed by atoms with Crippen molar-refractivity contribution < 1.29 is 19.1 Å². The number of anilines is 1. The summed E-state index contributed by atoms with van der Waals surface area (Å²) in [5.41, 5.74) is 0.567. The number of fused-ring (bicyclic) bond motifs is 1. The Morgan fingerprint density at radius 1 is 1.31 bits per heavy atom. The molecule has 3 rings (SSSR count). The number of nitrogens with zero attached hydrogens (tertiary/aromatic N) is 5. The Hall–Kier alpha value is -2.71. The molecule has 9 heteroatoms. The topological polar surface area (TPSA) is 99.4 Å². The molecule has 1 aliphatic rings. The van der Waals surface area contributed by atoms with Crippen molar-refractivity contribution in [2.45, 2.75) is 32.7 Å². The summed E-state index contributed by atoms with van der Waals surface area (Å²) in [7, 11) is 1.33. The smallest absolute Gasteiger partial charge is 0.327 e. The fraction of sp³-hybridized carbons (Fsp3) is 0.588. The molecule has 9 nitrogen and oxygen atoms in total. The van der Waals surface area contributed by atoms with Gasteiger partial charge in [0.15, 0.2) is 5.65 Å². The van der Waals surface area contributed by atoms with Gasteiger partial charge in [-0.25, -0.2) is 14.6 Å². The summed E-state index contributed by atoms with van der Waals surface area (Å²) >= 11 is 0. The summed E-state index contributed by atoms with van der Waals surface area (Å²) in [6.07, 6.45) is 5.77. The Morgan fingerprint density at radius 2 is 2.12 bits per heavy atom. The molecule has 26 heavy (non-hydrogen) atoms. The van der Waals surface area contributed by atoms with Gasteiger partial charge in [-0.15, -0.1) is 0 Å². The van der Waals surface area contributed by atoms with Gasteiger partial charge in [0, 0.05) is 13.1 Å². The minimum atomic E-state index is -0.396. The van der Waals surface area contributed by atoms with Gasteiger partial charge in [-0.05, 0) is 25.7 Å². The Bertz CT molecular complexity index is 787. The number of ether oxygens (including phenoxy) is 2. The lowest BCUT2D eigenvalue weighted by Gasteiger charge is -2.23. The molecule has 140 valence electrons. The number of rotatable bonds is 9. The molecular weight excluding hydrogens is 338 g/mol. The van der Waals surface area contributed by atoms with Crippen LogP contribution in [0.4, 0.5) is 5.82 Å². The van der Waals surface area contributed by atoms with Gasteiger partial charge in [-0.3, -0.25) is 9.59 Å². The van der Waals surface area contributed by atoms with Crippen molar-refractivity contribution in [1.82, 2.24) is 19.7 Å². The molecular formula is C17H23N5O4. The van der Waals surface area contributed by atoms with Crippen molar-refractivity contribution >= 4 is 28.8 Å².